The van der Waals surface area contributed by atoms with Gasteiger partial charge < -0.3 is 5.32 Å². The molecule has 0 aromatic heterocycles. The molecule has 0 aliphatic carbocycles. The van der Waals surface area contributed by atoms with Crippen LogP contribution in [0.1, 0.15) is 18.1 Å². The highest BCUT2D eigenvalue weighted by Crippen LogP contribution is 2.13. The summed E-state index contributed by atoms with van der Waals surface area (Å²) in [5.74, 6) is 0. The standard InChI is InChI=1S/C16H17Cl2N/c1-12(9-14-3-2-4-16(18)10-14)19-11-13-5-7-15(17)8-6-13/h2-8,10,12,19H,9,11H2,1H3. The van der Waals surface area contributed by atoms with Crippen LogP contribution < -0.4 is 5.32 Å². The van der Waals surface area contributed by atoms with E-state index in [0.29, 0.717) is 6.04 Å². The Hall–Kier alpha value is -1.02. The fraction of sp³-hybridized carbons (Fsp3) is 0.250. The van der Waals surface area contributed by atoms with Crippen molar-refractivity contribution < 1.29 is 0 Å². The van der Waals surface area contributed by atoms with Crippen LogP contribution in [0, 0.1) is 0 Å². The lowest BCUT2D eigenvalue weighted by molar-refractivity contribution is 0.545. The first-order valence-corrected chi connectivity index (χ1v) is 7.11. The van der Waals surface area contributed by atoms with Crippen LogP contribution in [0.25, 0.3) is 0 Å². The average molecular weight is 294 g/mol. The van der Waals surface area contributed by atoms with Crippen molar-refractivity contribution in [1.29, 1.82) is 0 Å². The number of hydrogen-bond donors (Lipinski definition) is 1. The largest absolute Gasteiger partial charge is 0.310 e. The quantitative estimate of drug-likeness (QED) is 0.841. The molecule has 2 aromatic carbocycles. The molecule has 1 atom stereocenters. The first-order valence-electron chi connectivity index (χ1n) is 6.36. The van der Waals surface area contributed by atoms with E-state index >= 15 is 0 Å². The van der Waals surface area contributed by atoms with Gasteiger partial charge in [0.2, 0.25) is 0 Å². The highest BCUT2D eigenvalue weighted by Gasteiger charge is 2.04. The Bertz CT molecular complexity index is 523. The summed E-state index contributed by atoms with van der Waals surface area (Å²) in [5.41, 5.74) is 2.49. The van der Waals surface area contributed by atoms with Crippen LogP contribution in [-0.4, -0.2) is 6.04 Å². The second-order valence-corrected chi connectivity index (χ2v) is 5.62. The van der Waals surface area contributed by atoms with E-state index in [1.54, 1.807) is 0 Å². The molecule has 0 heterocycles. The summed E-state index contributed by atoms with van der Waals surface area (Å²) in [7, 11) is 0. The molecule has 0 spiro atoms. The van der Waals surface area contributed by atoms with Gasteiger partial charge in [0.1, 0.15) is 0 Å². The Kier molecular flexibility index (Phi) is 5.26. The molecule has 0 bridgehead atoms. The molecule has 1 N–H and O–H groups in total. The normalized spacial score (nSPS) is 12.4. The van der Waals surface area contributed by atoms with Crippen molar-refractivity contribution in [3.05, 3.63) is 69.7 Å². The van der Waals surface area contributed by atoms with Gasteiger partial charge in [0, 0.05) is 22.6 Å². The third kappa shape index (κ3) is 4.87. The molecular weight excluding hydrogens is 277 g/mol. The van der Waals surface area contributed by atoms with Crippen molar-refractivity contribution in [2.45, 2.75) is 25.9 Å². The van der Waals surface area contributed by atoms with Crippen LogP contribution in [0.2, 0.25) is 10.0 Å². The summed E-state index contributed by atoms with van der Waals surface area (Å²) in [6.07, 6.45) is 0.966. The van der Waals surface area contributed by atoms with Crippen LogP contribution >= 0.6 is 23.2 Å². The maximum Gasteiger partial charge on any atom is 0.0408 e. The molecule has 0 aliphatic heterocycles. The number of hydrogen-bond acceptors (Lipinski definition) is 1. The number of halogens is 2. The lowest BCUT2D eigenvalue weighted by atomic mass is 10.1. The fourth-order valence-electron chi connectivity index (χ4n) is 1.98. The van der Waals surface area contributed by atoms with Gasteiger partial charge in [-0.15, -0.1) is 0 Å². The van der Waals surface area contributed by atoms with Gasteiger partial charge in [-0.05, 0) is 48.7 Å². The van der Waals surface area contributed by atoms with Gasteiger partial charge >= 0.3 is 0 Å². The molecule has 2 rings (SSSR count). The number of benzene rings is 2. The minimum Gasteiger partial charge on any atom is -0.310 e. The molecule has 1 nitrogen and oxygen atoms in total. The smallest absolute Gasteiger partial charge is 0.0408 e. The maximum absolute atomic E-state index is 5.98. The Morgan fingerprint density at radius 1 is 0.947 bits per heavy atom. The van der Waals surface area contributed by atoms with Crippen molar-refractivity contribution in [1.82, 2.24) is 5.32 Å². The van der Waals surface area contributed by atoms with Gasteiger partial charge in [0.05, 0.1) is 0 Å². The SMILES string of the molecule is CC(Cc1cccc(Cl)c1)NCc1ccc(Cl)cc1. The molecule has 3 heteroatoms. The van der Waals surface area contributed by atoms with Gasteiger partial charge in [-0.25, -0.2) is 0 Å². The molecule has 0 amide bonds. The van der Waals surface area contributed by atoms with Crippen molar-refractivity contribution in [2.75, 3.05) is 0 Å². The van der Waals surface area contributed by atoms with Gasteiger partial charge in [-0.1, -0.05) is 47.5 Å². The summed E-state index contributed by atoms with van der Waals surface area (Å²) >= 11 is 11.8. The van der Waals surface area contributed by atoms with Gasteiger partial charge in [-0.2, -0.15) is 0 Å². The Balaban J connectivity index is 1.84. The molecule has 0 aliphatic rings. The third-order valence-electron chi connectivity index (χ3n) is 3.00. The van der Waals surface area contributed by atoms with Gasteiger partial charge in [0.15, 0.2) is 0 Å². The van der Waals surface area contributed by atoms with Crippen LogP contribution in [0.3, 0.4) is 0 Å². The predicted molar refractivity (Wildman–Crippen MR) is 82.9 cm³/mol. The number of rotatable bonds is 5. The molecule has 100 valence electrons. The summed E-state index contributed by atoms with van der Waals surface area (Å²) in [6.45, 7) is 3.02. The lowest BCUT2D eigenvalue weighted by Gasteiger charge is -2.14. The lowest BCUT2D eigenvalue weighted by Crippen LogP contribution is -2.27. The van der Waals surface area contributed by atoms with Gasteiger partial charge in [0.25, 0.3) is 0 Å². The van der Waals surface area contributed by atoms with E-state index in [-0.39, 0.29) is 0 Å². The monoisotopic (exact) mass is 293 g/mol. The zero-order chi connectivity index (χ0) is 13.7. The van der Waals surface area contributed by atoms with E-state index < -0.39 is 0 Å². The summed E-state index contributed by atoms with van der Waals surface area (Å²) < 4.78 is 0. The van der Waals surface area contributed by atoms with Crippen LogP contribution in [0.4, 0.5) is 0 Å². The van der Waals surface area contributed by atoms with E-state index in [2.05, 4.69) is 18.3 Å². The molecule has 0 saturated carbocycles. The highest BCUT2D eigenvalue weighted by molar-refractivity contribution is 6.30. The third-order valence-corrected chi connectivity index (χ3v) is 3.49. The molecule has 1 unspecified atom stereocenters. The second kappa shape index (κ2) is 6.95. The van der Waals surface area contributed by atoms with E-state index in [1.165, 1.54) is 11.1 Å². The molecule has 0 fully saturated rings. The van der Waals surface area contributed by atoms with E-state index in [9.17, 15) is 0 Å². The average Bonchev–Trinajstić information content (AvgIpc) is 2.38. The fourth-order valence-corrected chi connectivity index (χ4v) is 2.32. The summed E-state index contributed by atoms with van der Waals surface area (Å²) in [6, 6.07) is 16.3. The van der Waals surface area contributed by atoms with Crippen LogP contribution in [0.15, 0.2) is 48.5 Å². The summed E-state index contributed by atoms with van der Waals surface area (Å²) in [4.78, 5) is 0. The van der Waals surface area contributed by atoms with E-state index in [1.807, 2.05) is 42.5 Å². The van der Waals surface area contributed by atoms with Crippen molar-refractivity contribution >= 4 is 23.2 Å². The highest BCUT2D eigenvalue weighted by atomic mass is 35.5. The maximum atomic E-state index is 5.98. The first kappa shape index (κ1) is 14.4. The predicted octanol–water partition coefficient (Wildman–Crippen LogP) is 4.71. The molecule has 0 saturated heterocycles. The molecular formula is C16H17Cl2N. The van der Waals surface area contributed by atoms with E-state index in [0.717, 1.165) is 23.0 Å². The first-order chi connectivity index (χ1) is 9.13. The Morgan fingerprint density at radius 3 is 2.37 bits per heavy atom. The molecule has 19 heavy (non-hydrogen) atoms. The van der Waals surface area contributed by atoms with Crippen molar-refractivity contribution in [3.8, 4) is 0 Å². The second-order valence-electron chi connectivity index (χ2n) is 4.74. The Morgan fingerprint density at radius 2 is 1.68 bits per heavy atom. The van der Waals surface area contributed by atoms with E-state index in [4.69, 9.17) is 23.2 Å². The zero-order valence-electron chi connectivity index (χ0n) is 10.9. The molecule has 2 aromatic rings. The number of nitrogens with one attached hydrogen (secondary N) is 1. The van der Waals surface area contributed by atoms with Crippen LogP contribution in [-0.2, 0) is 13.0 Å². The minimum atomic E-state index is 0.397. The topological polar surface area (TPSA) is 12.0 Å². The molecule has 0 radical (unpaired) electrons. The van der Waals surface area contributed by atoms with Crippen LogP contribution in [0.5, 0.6) is 0 Å². The van der Waals surface area contributed by atoms with Crippen molar-refractivity contribution in [2.24, 2.45) is 0 Å². The van der Waals surface area contributed by atoms with Crippen molar-refractivity contribution in [3.63, 3.8) is 0 Å². The summed E-state index contributed by atoms with van der Waals surface area (Å²) in [5, 5.41) is 5.07. The van der Waals surface area contributed by atoms with Gasteiger partial charge in [-0.3, -0.25) is 0 Å². The zero-order valence-corrected chi connectivity index (χ0v) is 12.4. The minimum absolute atomic E-state index is 0.397. The Labute approximate surface area is 124 Å².